The molecule has 0 radical (unpaired) electrons. The summed E-state index contributed by atoms with van der Waals surface area (Å²) in [7, 11) is -1.04. The molecule has 1 aliphatic carbocycles. The van der Waals surface area contributed by atoms with Gasteiger partial charge in [-0.25, -0.2) is 23.9 Å². The monoisotopic (exact) mass is 494 g/mol. The van der Waals surface area contributed by atoms with Crippen molar-refractivity contribution in [3.05, 3.63) is 29.7 Å². The summed E-state index contributed by atoms with van der Waals surface area (Å²) >= 11 is 7.52. The van der Waals surface area contributed by atoms with Gasteiger partial charge < -0.3 is 10.6 Å². The predicted octanol–water partition coefficient (Wildman–Crippen LogP) is 4.45. The zero-order chi connectivity index (χ0) is 22.9. The molecule has 0 bridgehead atoms. The van der Waals surface area contributed by atoms with Crippen molar-refractivity contribution < 1.29 is 4.21 Å². The Morgan fingerprint density at radius 2 is 2.03 bits per heavy atom. The van der Waals surface area contributed by atoms with Crippen molar-refractivity contribution in [2.75, 3.05) is 23.7 Å². The molecule has 7 nitrogen and oxygen atoms in total. The van der Waals surface area contributed by atoms with E-state index >= 15 is 0 Å². The fourth-order valence-electron chi connectivity index (χ4n) is 4.57. The molecule has 32 heavy (non-hydrogen) atoms. The number of nitrogens with one attached hydrogen (secondary N) is 1. The number of halogens is 1. The van der Waals surface area contributed by atoms with Crippen molar-refractivity contribution in [2.24, 2.45) is 5.41 Å². The van der Waals surface area contributed by atoms with E-state index in [4.69, 9.17) is 17.3 Å². The Morgan fingerprint density at radius 3 is 2.69 bits per heavy atom. The van der Waals surface area contributed by atoms with E-state index in [2.05, 4.69) is 24.6 Å². The molecule has 1 saturated heterocycles. The molecule has 2 atom stereocenters. The first-order valence-electron chi connectivity index (χ1n) is 11.0. The molecule has 2 fully saturated rings. The largest absolute Gasteiger partial charge is 0.381 e. The number of hydrogen-bond acceptors (Lipinski definition) is 7. The van der Waals surface area contributed by atoms with Gasteiger partial charge in [-0.1, -0.05) is 29.8 Å². The van der Waals surface area contributed by atoms with Crippen LogP contribution in [0.3, 0.4) is 0 Å². The smallest absolute Gasteiger partial charge is 0.158 e. The van der Waals surface area contributed by atoms with Crippen LogP contribution in [0.1, 0.15) is 52.9 Å². The molecule has 1 spiro atoms. The average Bonchev–Trinajstić information content (AvgIpc) is 3.12. The Kier molecular flexibility index (Phi) is 7.00. The highest BCUT2D eigenvalue weighted by Crippen LogP contribution is 2.47. The summed E-state index contributed by atoms with van der Waals surface area (Å²) in [4.78, 5) is 16.3. The number of nitrogens with two attached hydrogens (primary N) is 1. The van der Waals surface area contributed by atoms with Crippen LogP contribution in [-0.2, 0) is 11.0 Å². The Hall–Kier alpha value is -1.42. The van der Waals surface area contributed by atoms with Crippen LogP contribution in [0.25, 0.3) is 0 Å². The first-order chi connectivity index (χ1) is 15.2. The number of hydrogen-bond donors (Lipinski definition) is 2. The molecule has 0 amide bonds. The van der Waals surface area contributed by atoms with Gasteiger partial charge >= 0.3 is 0 Å². The van der Waals surface area contributed by atoms with Gasteiger partial charge in [0.15, 0.2) is 5.82 Å². The number of piperidine rings is 1. The van der Waals surface area contributed by atoms with Crippen molar-refractivity contribution in [2.45, 2.75) is 73.6 Å². The second-order valence-electron chi connectivity index (χ2n) is 9.61. The number of pyridine rings is 1. The molecule has 1 aliphatic heterocycles. The van der Waals surface area contributed by atoms with Crippen LogP contribution in [0.4, 0.5) is 11.6 Å². The normalized spacial score (nSPS) is 21.8. The predicted molar refractivity (Wildman–Crippen MR) is 132 cm³/mol. The van der Waals surface area contributed by atoms with Crippen LogP contribution in [0.15, 0.2) is 34.4 Å². The molecule has 174 valence electrons. The van der Waals surface area contributed by atoms with Gasteiger partial charge in [0, 0.05) is 25.3 Å². The Labute approximate surface area is 201 Å². The van der Waals surface area contributed by atoms with Gasteiger partial charge in [-0.05, 0) is 64.0 Å². The van der Waals surface area contributed by atoms with Crippen LogP contribution in [0.2, 0.25) is 5.15 Å². The van der Waals surface area contributed by atoms with Crippen LogP contribution in [0, 0.1) is 5.41 Å². The highest BCUT2D eigenvalue weighted by molar-refractivity contribution is 7.99. The summed E-state index contributed by atoms with van der Waals surface area (Å²) in [5.41, 5.74) is 6.44. The zero-order valence-corrected chi connectivity index (χ0v) is 21.2. The quantitative estimate of drug-likeness (QED) is 0.592. The minimum atomic E-state index is -1.04. The van der Waals surface area contributed by atoms with E-state index in [9.17, 15) is 4.21 Å². The summed E-state index contributed by atoms with van der Waals surface area (Å²) in [6.45, 7) is 7.86. The van der Waals surface area contributed by atoms with Gasteiger partial charge in [-0.2, -0.15) is 0 Å². The van der Waals surface area contributed by atoms with E-state index in [-0.39, 0.29) is 10.2 Å². The third kappa shape index (κ3) is 5.05. The lowest BCUT2D eigenvalue weighted by molar-refractivity contribution is 0.188. The van der Waals surface area contributed by atoms with E-state index in [0.29, 0.717) is 22.0 Å². The molecular formula is C22H31ClN6OS2. The first-order valence-corrected chi connectivity index (χ1v) is 13.4. The molecule has 1 saturated carbocycles. The maximum absolute atomic E-state index is 12.7. The number of aromatic nitrogens is 3. The summed E-state index contributed by atoms with van der Waals surface area (Å²) in [6.07, 6.45) is 9.02. The number of nitrogen functional groups attached to an aromatic ring is 1. The van der Waals surface area contributed by atoms with Crippen molar-refractivity contribution >= 4 is 46.0 Å². The third-order valence-corrected chi connectivity index (χ3v) is 9.56. The summed E-state index contributed by atoms with van der Waals surface area (Å²) in [5, 5.41) is 1.05. The molecule has 3 N–H and O–H groups in total. The molecule has 2 aromatic heterocycles. The minimum absolute atomic E-state index is 0.212. The number of anilines is 2. The third-order valence-electron chi connectivity index (χ3n) is 6.48. The van der Waals surface area contributed by atoms with Gasteiger partial charge in [0.2, 0.25) is 0 Å². The van der Waals surface area contributed by atoms with Gasteiger partial charge in [0.1, 0.15) is 16.0 Å². The maximum atomic E-state index is 12.7. The second kappa shape index (κ2) is 9.44. The highest BCUT2D eigenvalue weighted by atomic mass is 35.5. The lowest BCUT2D eigenvalue weighted by atomic mass is 9.74. The summed E-state index contributed by atoms with van der Waals surface area (Å²) in [5.74, 6) is 1.20. The summed E-state index contributed by atoms with van der Waals surface area (Å²) < 4.78 is 15.9. The molecule has 2 aromatic rings. The van der Waals surface area contributed by atoms with Crippen LogP contribution >= 0.6 is 23.4 Å². The van der Waals surface area contributed by atoms with Crippen molar-refractivity contribution in [3.8, 4) is 0 Å². The van der Waals surface area contributed by atoms with E-state index < -0.39 is 11.0 Å². The fraction of sp³-hybridized carbons (Fsp3) is 0.591. The van der Waals surface area contributed by atoms with Crippen molar-refractivity contribution in [1.29, 1.82) is 0 Å². The molecule has 2 aliphatic rings. The standard InChI is InChI=1S/C22H31ClN6OS2/c1-21(2,3)32(30)28-16-7-4-8-22(16)9-12-29(13-10-22)17-14-26-20(19(24)27-17)31-15-6-5-11-25-18(15)23/h5-6,11,14,16,28H,4,7-10,12-13H2,1-3H3,(H2,24,27)/t16-,32?/m1/s1. The maximum Gasteiger partial charge on any atom is 0.158 e. The van der Waals surface area contributed by atoms with Gasteiger partial charge in [0.05, 0.1) is 26.8 Å². The van der Waals surface area contributed by atoms with Gasteiger partial charge in [0.25, 0.3) is 0 Å². The van der Waals surface area contributed by atoms with E-state index in [1.54, 1.807) is 12.4 Å². The average molecular weight is 495 g/mol. The molecule has 0 aromatic carbocycles. The van der Waals surface area contributed by atoms with Gasteiger partial charge in [-0.3, -0.25) is 0 Å². The Morgan fingerprint density at radius 1 is 1.28 bits per heavy atom. The topological polar surface area (TPSA) is 97.0 Å². The lowest BCUT2D eigenvalue weighted by Crippen LogP contribution is -2.51. The van der Waals surface area contributed by atoms with Crippen LogP contribution in [-0.4, -0.2) is 43.0 Å². The Balaban J connectivity index is 1.41. The second-order valence-corrected chi connectivity index (χ2v) is 13.0. The Bertz CT molecular complexity index is 991. The van der Waals surface area contributed by atoms with Crippen LogP contribution in [0.5, 0.6) is 0 Å². The van der Waals surface area contributed by atoms with Crippen LogP contribution < -0.4 is 15.4 Å². The zero-order valence-electron chi connectivity index (χ0n) is 18.8. The molecule has 3 heterocycles. The van der Waals surface area contributed by atoms with Gasteiger partial charge in [-0.15, -0.1) is 0 Å². The van der Waals surface area contributed by atoms with E-state index in [0.717, 1.165) is 43.1 Å². The van der Waals surface area contributed by atoms with Crippen molar-refractivity contribution in [3.63, 3.8) is 0 Å². The van der Waals surface area contributed by atoms with E-state index in [1.807, 2.05) is 32.9 Å². The number of rotatable bonds is 5. The molecule has 1 unspecified atom stereocenters. The summed E-state index contributed by atoms with van der Waals surface area (Å²) in [6, 6.07) is 4.03. The fourth-order valence-corrected chi connectivity index (χ4v) is 6.54. The first kappa shape index (κ1) is 23.7. The number of nitrogens with zero attached hydrogens (tertiary/aromatic N) is 4. The van der Waals surface area contributed by atoms with Crippen molar-refractivity contribution in [1.82, 2.24) is 19.7 Å². The SMILES string of the molecule is CC(C)(C)S(=O)N[C@@H]1CCCC12CCN(c1cnc(Sc3cccnc3Cl)c(N)n1)CC2. The minimum Gasteiger partial charge on any atom is -0.381 e. The lowest BCUT2D eigenvalue weighted by Gasteiger charge is -2.44. The molecule has 10 heteroatoms. The highest BCUT2D eigenvalue weighted by Gasteiger charge is 2.46. The van der Waals surface area contributed by atoms with E-state index in [1.165, 1.54) is 24.6 Å². The molecular weight excluding hydrogens is 464 g/mol. The molecule has 4 rings (SSSR count).